The van der Waals surface area contributed by atoms with Crippen molar-refractivity contribution in [3.05, 3.63) is 57.2 Å². The van der Waals surface area contributed by atoms with Crippen LogP contribution in [-0.4, -0.2) is 17.3 Å². The highest BCUT2D eigenvalue weighted by molar-refractivity contribution is 6.01. The van der Waals surface area contributed by atoms with E-state index in [0.29, 0.717) is 12.3 Å². The lowest BCUT2D eigenvalue weighted by molar-refractivity contribution is -0.129. The average Bonchev–Trinajstić information content (AvgIpc) is 3.28. The molecule has 3 atom stereocenters. The van der Waals surface area contributed by atoms with Crippen molar-refractivity contribution in [1.82, 2.24) is 0 Å². The number of hydrogen-bond donors (Lipinski definition) is 0. The molecule has 0 saturated heterocycles. The summed E-state index contributed by atoms with van der Waals surface area (Å²) in [4.78, 5) is 38.2. The first-order valence-corrected chi connectivity index (χ1v) is 16.0. The summed E-state index contributed by atoms with van der Waals surface area (Å²) >= 11 is 0. The molecule has 2 aliphatic carbocycles. The lowest BCUT2D eigenvalue weighted by atomic mass is 9.70. The van der Waals surface area contributed by atoms with Crippen LogP contribution in [0.1, 0.15) is 152 Å². The topological polar surface area (TPSA) is 51.2 Å². The smallest absolute Gasteiger partial charge is 0.163 e. The molecule has 3 heteroatoms. The third-order valence-corrected chi connectivity index (χ3v) is 8.68. The molecule has 0 spiro atoms. The normalized spacial score (nSPS) is 17.9. The van der Waals surface area contributed by atoms with Crippen LogP contribution in [0.2, 0.25) is 0 Å². The van der Waals surface area contributed by atoms with Gasteiger partial charge in [0.15, 0.2) is 5.78 Å². The van der Waals surface area contributed by atoms with Gasteiger partial charge >= 0.3 is 0 Å². The molecule has 0 amide bonds. The molecule has 3 rings (SSSR count). The Hall–Kier alpha value is -2.29. The zero-order valence-electron chi connectivity index (χ0n) is 27.0. The van der Waals surface area contributed by atoms with Crippen LogP contribution < -0.4 is 0 Å². The maximum atomic E-state index is 13.7. The van der Waals surface area contributed by atoms with Gasteiger partial charge in [-0.25, -0.2) is 0 Å². The number of carbonyl (C=O) groups is 3. The predicted octanol–water partition coefficient (Wildman–Crippen LogP) is 9.87. The van der Waals surface area contributed by atoms with Crippen molar-refractivity contribution >= 4 is 17.3 Å². The minimum atomic E-state index is -0.0861. The Morgan fingerprint density at radius 2 is 1.70 bits per heavy atom. The molecule has 3 unspecified atom stereocenters. The number of fused-ring (bicyclic) bond motifs is 1. The number of ketones is 3. The van der Waals surface area contributed by atoms with E-state index < -0.39 is 0 Å². The van der Waals surface area contributed by atoms with Crippen LogP contribution in [0.15, 0.2) is 29.4 Å². The molecule has 2 aliphatic rings. The molecule has 1 aromatic carbocycles. The summed E-state index contributed by atoms with van der Waals surface area (Å²) in [5, 5.41) is 0. The third-order valence-electron chi connectivity index (χ3n) is 8.68. The zero-order valence-corrected chi connectivity index (χ0v) is 27.0. The van der Waals surface area contributed by atoms with Crippen LogP contribution >= 0.6 is 0 Å². The van der Waals surface area contributed by atoms with E-state index in [0.717, 1.165) is 56.9 Å². The number of aryl methyl sites for hydroxylation is 1. The highest BCUT2D eigenvalue weighted by Crippen LogP contribution is 2.40. The fourth-order valence-corrected chi connectivity index (χ4v) is 6.86. The molecule has 0 aromatic heterocycles. The Balaban J connectivity index is 0.00000178. The Kier molecular flexibility index (Phi) is 13.8. The first kappa shape index (κ1) is 33.9. The van der Waals surface area contributed by atoms with Crippen LogP contribution in [0, 0.1) is 24.7 Å². The molecular formula is C37H56O3. The second-order valence-electron chi connectivity index (χ2n) is 12.8. The SMILES string of the molecule is CCC.CCCC(CC1CC(=O)c2c(C)c(CCC3=CC(C)=CC3)cc(C(C)C)c2C1)C(CC)C(=O)CC(C)=O. The molecule has 3 nitrogen and oxygen atoms in total. The Morgan fingerprint density at radius 1 is 1.02 bits per heavy atom. The van der Waals surface area contributed by atoms with E-state index in [1.807, 2.05) is 0 Å². The van der Waals surface area contributed by atoms with Crippen LogP contribution in [0.5, 0.6) is 0 Å². The van der Waals surface area contributed by atoms with Gasteiger partial charge < -0.3 is 0 Å². The maximum absolute atomic E-state index is 13.7. The van der Waals surface area contributed by atoms with E-state index in [1.54, 1.807) is 0 Å². The van der Waals surface area contributed by atoms with Crippen LogP contribution in [0.3, 0.4) is 0 Å². The number of carbonyl (C=O) groups excluding carboxylic acids is 3. The predicted molar refractivity (Wildman–Crippen MR) is 169 cm³/mol. The minimum absolute atomic E-state index is 0.0388. The summed E-state index contributed by atoms with van der Waals surface area (Å²) in [6, 6.07) is 2.39. The van der Waals surface area contributed by atoms with E-state index in [1.165, 1.54) is 46.7 Å². The van der Waals surface area contributed by atoms with Crippen molar-refractivity contribution < 1.29 is 14.4 Å². The lowest BCUT2D eigenvalue weighted by Crippen LogP contribution is -2.30. The summed E-state index contributed by atoms with van der Waals surface area (Å²) in [7, 11) is 0. The van der Waals surface area contributed by atoms with Crippen LogP contribution in [0.4, 0.5) is 0 Å². The number of hydrogen-bond acceptors (Lipinski definition) is 3. The van der Waals surface area contributed by atoms with Gasteiger partial charge in [0.25, 0.3) is 0 Å². The van der Waals surface area contributed by atoms with E-state index in [-0.39, 0.29) is 41.5 Å². The van der Waals surface area contributed by atoms with E-state index in [4.69, 9.17) is 0 Å². The first-order valence-electron chi connectivity index (χ1n) is 16.0. The highest BCUT2D eigenvalue weighted by atomic mass is 16.1. The molecule has 0 N–H and O–H groups in total. The van der Waals surface area contributed by atoms with Crippen LogP contribution in [0.25, 0.3) is 0 Å². The van der Waals surface area contributed by atoms with Gasteiger partial charge in [0.1, 0.15) is 11.6 Å². The van der Waals surface area contributed by atoms with E-state index >= 15 is 0 Å². The third kappa shape index (κ3) is 9.11. The average molecular weight is 549 g/mol. The second kappa shape index (κ2) is 16.2. The van der Waals surface area contributed by atoms with Crippen molar-refractivity contribution in [3.8, 4) is 0 Å². The second-order valence-corrected chi connectivity index (χ2v) is 12.8. The molecule has 222 valence electrons. The highest BCUT2D eigenvalue weighted by Gasteiger charge is 2.34. The molecule has 0 saturated carbocycles. The number of allylic oxidation sites excluding steroid dienone is 4. The van der Waals surface area contributed by atoms with Gasteiger partial charge in [-0.05, 0) is 99.3 Å². The Bertz CT molecular complexity index is 1100. The number of benzene rings is 1. The van der Waals surface area contributed by atoms with Gasteiger partial charge in [-0.1, -0.05) is 90.2 Å². The van der Waals surface area contributed by atoms with Gasteiger partial charge in [0.05, 0.1) is 6.42 Å². The molecular weight excluding hydrogens is 492 g/mol. The minimum Gasteiger partial charge on any atom is -0.300 e. The molecule has 40 heavy (non-hydrogen) atoms. The van der Waals surface area contributed by atoms with Crippen molar-refractivity contribution in [2.45, 2.75) is 139 Å². The summed E-state index contributed by atoms with van der Waals surface area (Å²) in [5.41, 5.74) is 8.92. The maximum Gasteiger partial charge on any atom is 0.163 e. The van der Waals surface area contributed by atoms with Gasteiger partial charge in [-0.3, -0.25) is 14.4 Å². The number of rotatable bonds is 13. The molecule has 1 aromatic rings. The zero-order chi connectivity index (χ0) is 30.0. The van der Waals surface area contributed by atoms with E-state index in [2.05, 4.69) is 73.6 Å². The Labute approximate surface area is 245 Å². The van der Waals surface area contributed by atoms with E-state index in [9.17, 15) is 14.4 Å². The largest absolute Gasteiger partial charge is 0.300 e. The van der Waals surface area contributed by atoms with Crippen molar-refractivity contribution in [2.24, 2.45) is 17.8 Å². The lowest BCUT2D eigenvalue weighted by Gasteiger charge is -2.33. The van der Waals surface area contributed by atoms with Gasteiger partial charge in [0.2, 0.25) is 0 Å². The van der Waals surface area contributed by atoms with Gasteiger partial charge in [-0.15, -0.1) is 0 Å². The van der Waals surface area contributed by atoms with Crippen LogP contribution in [-0.2, 0) is 22.4 Å². The van der Waals surface area contributed by atoms with Crippen molar-refractivity contribution in [3.63, 3.8) is 0 Å². The quantitative estimate of drug-likeness (QED) is 0.230. The molecule has 0 bridgehead atoms. The molecule has 0 radical (unpaired) electrons. The van der Waals surface area contributed by atoms with Gasteiger partial charge in [0, 0.05) is 17.9 Å². The fourth-order valence-electron chi connectivity index (χ4n) is 6.86. The van der Waals surface area contributed by atoms with Gasteiger partial charge in [-0.2, -0.15) is 0 Å². The standard InChI is InChI=1S/C34H48O3.C3H8/c1-8-10-28(29(9-2)32(36)16-23(6)35)17-26-18-31-30(21(3)4)20-27(24(7)34(31)33(37)19-26)14-13-25-12-11-22(5)15-25;1-3-2/h11,15,20-21,26,28-29H,8-10,12-14,16-19H2,1-7H3;3H2,1-2H3. The molecule has 0 heterocycles. The fraction of sp³-hybridized carbons (Fsp3) is 0.649. The number of Topliss-reactive ketones (excluding diaryl/α,β-unsaturated/α-hetero) is 3. The summed E-state index contributed by atoms with van der Waals surface area (Å²) in [5.74, 6) is 1.09. The summed E-state index contributed by atoms with van der Waals surface area (Å²) < 4.78 is 0. The van der Waals surface area contributed by atoms with Crippen molar-refractivity contribution in [2.75, 3.05) is 0 Å². The first-order chi connectivity index (χ1) is 19.0. The summed E-state index contributed by atoms with van der Waals surface area (Å²) in [6.45, 7) is 18.8. The molecule has 0 aliphatic heterocycles. The Morgan fingerprint density at radius 3 is 2.23 bits per heavy atom. The summed E-state index contributed by atoms with van der Waals surface area (Å²) in [6.07, 6.45) is 14.1. The molecule has 0 fully saturated rings. The monoisotopic (exact) mass is 548 g/mol. The van der Waals surface area contributed by atoms with Crippen molar-refractivity contribution in [1.29, 1.82) is 0 Å².